The molecular weight excluding hydrogens is 872 g/mol. The van der Waals surface area contributed by atoms with Gasteiger partial charge in [0.25, 0.3) is 21.3 Å². The summed E-state index contributed by atoms with van der Waals surface area (Å²) in [5.41, 5.74) is 8.07. The normalized spacial score (nSPS) is 16.5. The molecule has 0 bridgehead atoms. The van der Waals surface area contributed by atoms with Crippen molar-refractivity contribution in [3.63, 3.8) is 0 Å². The second kappa shape index (κ2) is 19.5. The molecule has 0 saturated heterocycles. The van der Waals surface area contributed by atoms with E-state index in [1.54, 1.807) is 23.1 Å². The summed E-state index contributed by atoms with van der Waals surface area (Å²) in [5.74, 6) is -0.655. The van der Waals surface area contributed by atoms with E-state index in [0.717, 1.165) is 83.6 Å². The van der Waals surface area contributed by atoms with Gasteiger partial charge in [-0.3, -0.25) is 4.55 Å². The number of carboxylic acids is 1. The number of nitrogens with zero attached hydrogens (tertiary/aromatic N) is 4. The highest BCUT2D eigenvalue weighted by molar-refractivity contribution is 8.03. The first kappa shape index (κ1) is 44.2. The van der Waals surface area contributed by atoms with E-state index >= 15 is 0 Å². The SMILES string of the molecule is CCCC(/N=C/Oc1cccc(N2Cc3ccccc3CC2C(=O)O)c1)[n+]1c(/C=C(/C=C2\Sc3ccc(-c4ccccc4)cc3N2CCCS(=O)(=O)O)CC)sc2ccc(Cl)cc21. The molecule has 10 nitrogen and oxygen atoms in total. The van der Waals surface area contributed by atoms with E-state index in [2.05, 4.69) is 65.8 Å². The standard InChI is InChI=1S/C49H47ClN4O6S3/c1-3-12-46(51-32-60-40-18-10-17-39(30-40)53-31-37-16-9-8-15-35(37)28-43(53)49(55)56)54-42-29-38(50)20-22-45(42)62-48(54)26-33(4-2)25-47-52(23-11-24-63(57,58)59)41-27-36(19-21-44(41)61-47)34-13-6-5-7-14-34/h5-10,13-22,25-27,29-30,32,43,46H,3-4,11-12,23-24,28,31H2,1-2H3,(H-,55,56,57,58,59)/p+1/b51-32+. The van der Waals surface area contributed by atoms with Crippen LogP contribution in [-0.4, -0.2) is 48.8 Å². The number of benzene rings is 5. The number of thiazole rings is 1. The van der Waals surface area contributed by atoms with Crippen molar-refractivity contribution in [3.05, 3.63) is 153 Å². The number of ether oxygens (including phenoxy) is 1. The van der Waals surface area contributed by atoms with E-state index in [0.29, 0.717) is 30.3 Å². The second-order valence-electron chi connectivity index (χ2n) is 15.5. The fourth-order valence-electron chi connectivity index (χ4n) is 8.11. The molecule has 63 heavy (non-hydrogen) atoms. The van der Waals surface area contributed by atoms with Gasteiger partial charge in [0, 0.05) is 59.7 Å². The summed E-state index contributed by atoms with van der Waals surface area (Å²) in [4.78, 5) is 22.6. The number of aromatic nitrogens is 1. The number of hydrogen-bond donors (Lipinski definition) is 2. The Morgan fingerprint density at radius 2 is 1.76 bits per heavy atom. The van der Waals surface area contributed by atoms with E-state index in [9.17, 15) is 22.9 Å². The van der Waals surface area contributed by atoms with Gasteiger partial charge in [-0.2, -0.15) is 18.0 Å². The molecule has 0 fully saturated rings. The Hall–Kier alpha value is -5.44. The van der Waals surface area contributed by atoms with Gasteiger partial charge in [0.05, 0.1) is 16.5 Å². The van der Waals surface area contributed by atoms with E-state index < -0.39 is 22.1 Å². The molecule has 3 heterocycles. The molecule has 2 atom stereocenters. The van der Waals surface area contributed by atoms with Crippen molar-refractivity contribution in [2.45, 2.75) is 69.6 Å². The van der Waals surface area contributed by atoms with E-state index in [1.165, 1.54) is 6.40 Å². The van der Waals surface area contributed by atoms with Gasteiger partial charge >= 0.3 is 5.97 Å². The van der Waals surface area contributed by atoms with Crippen LogP contribution in [0.3, 0.4) is 0 Å². The van der Waals surface area contributed by atoms with Crippen molar-refractivity contribution in [1.82, 2.24) is 0 Å². The maximum atomic E-state index is 12.4. The van der Waals surface area contributed by atoms with E-state index in [4.69, 9.17) is 21.3 Å². The zero-order chi connectivity index (χ0) is 44.1. The molecule has 2 N–H and O–H groups in total. The predicted molar refractivity (Wildman–Crippen MR) is 257 cm³/mol. The van der Waals surface area contributed by atoms with Crippen molar-refractivity contribution in [3.8, 4) is 16.9 Å². The van der Waals surface area contributed by atoms with E-state index in [1.807, 2.05) is 89.8 Å². The number of aliphatic imine (C=N–C) groups is 1. The first-order valence-corrected chi connectivity index (χ1v) is 24.6. The fourth-order valence-corrected chi connectivity index (χ4v) is 11.1. The van der Waals surface area contributed by atoms with Gasteiger partial charge in [0.15, 0.2) is 6.40 Å². The lowest BCUT2D eigenvalue weighted by Crippen LogP contribution is -2.45. The van der Waals surface area contributed by atoms with Crippen molar-refractivity contribution < 1.29 is 32.2 Å². The number of anilines is 2. The largest absolute Gasteiger partial charge is 0.480 e. The van der Waals surface area contributed by atoms with Crippen LogP contribution in [-0.2, 0) is 27.9 Å². The van der Waals surface area contributed by atoms with Crippen LogP contribution in [0.1, 0.15) is 61.8 Å². The van der Waals surface area contributed by atoms with Crippen LogP contribution in [0, 0.1) is 0 Å². The Morgan fingerprint density at radius 1 is 0.968 bits per heavy atom. The minimum Gasteiger partial charge on any atom is -0.480 e. The summed E-state index contributed by atoms with van der Waals surface area (Å²) >= 11 is 9.93. The van der Waals surface area contributed by atoms with Crippen LogP contribution in [0.15, 0.2) is 142 Å². The Balaban J connectivity index is 1.10. The molecule has 14 heteroatoms. The predicted octanol–water partition coefficient (Wildman–Crippen LogP) is 11.5. The van der Waals surface area contributed by atoms with Crippen LogP contribution >= 0.6 is 34.7 Å². The maximum Gasteiger partial charge on any atom is 0.326 e. The lowest BCUT2D eigenvalue weighted by atomic mass is 9.93. The molecule has 0 saturated carbocycles. The van der Waals surface area contributed by atoms with Gasteiger partial charge in [-0.05, 0) is 89.6 Å². The molecule has 0 spiro atoms. The number of carbonyl (C=O) groups is 1. The van der Waals surface area contributed by atoms with Gasteiger partial charge < -0.3 is 19.6 Å². The van der Waals surface area contributed by atoms with Gasteiger partial charge in [0.1, 0.15) is 16.5 Å². The van der Waals surface area contributed by atoms with Crippen molar-refractivity contribution in [2.75, 3.05) is 22.1 Å². The molecular formula is C49H48ClN4O6S3+. The quantitative estimate of drug-likeness (QED) is 0.0423. The molecule has 0 aliphatic carbocycles. The average Bonchev–Trinajstić information content (AvgIpc) is 3.81. The minimum absolute atomic E-state index is 0.257. The molecule has 2 unspecified atom stereocenters. The van der Waals surface area contributed by atoms with Crippen LogP contribution in [0.5, 0.6) is 5.75 Å². The molecule has 6 aromatic rings. The molecule has 1 aromatic heterocycles. The Bertz CT molecular complexity index is 2840. The van der Waals surface area contributed by atoms with Crippen LogP contribution in [0.4, 0.5) is 11.4 Å². The minimum atomic E-state index is -4.12. The van der Waals surface area contributed by atoms with Crippen molar-refractivity contribution >= 4 is 84.9 Å². The topological polar surface area (TPSA) is 124 Å². The Kier molecular flexibility index (Phi) is 13.7. The van der Waals surface area contributed by atoms with Gasteiger partial charge in [0.2, 0.25) is 5.52 Å². The fraction of sp³-hybridized carbons (Fsp3) is 0.245. The lowest BCUT2D eigenvalue weighted by Gasteiger charge is -2.36. The molecule has 0 radical (unpaired) electrons. The third-order valence-corrected chi connectivity index (χ3v) is 14.5. The summed E-state index contributed by atoms with van der Waals surface area (Å²) in [6.07, 6.45) is 8.47. The summed E-state index contributed by atoms with van der Waals surface area (Å²) in [6.45, 7) is 5.12. The van der Waals surface area contributed by atoms with Crippen molar-refractivity contribution in [1.29, 1.82) is 0 Å². The number of carboxylic acid groups (broad SMARTS) is 1. The van der Waals surface area contributed by atoms with Crippen molar-refractivity contribution in [2.24, 2.45) is 4.99 Å². The average molecular weight is 921 g/mol. The van der Waals surface area contributed by atoms with Gasteiger partial charge in [-0.1, -0.05) is 115 Å². The Morgan fingerprint density at radius 3 is 2.52 bits per heavy atom. The number of aliphatic carboxylic acids is 1. The number of hydrogen-bond acceptors (Lipinski definition) is 9. The number of thioether (sulfide) groups is 1. The summed E-state index contributed by atoms with van der Waals surface area (Å²) < 4.78 is 42.6. The smallest absolute Gasteiger partial charge is 0.326 e. The summed E-state index contributed by atoms with van der Waals surface area (Å²) in [5, 5.41) is 12.7. The molecule has 2 aliphatic rings. The monoisotopic (exact) mass is 919 g/mol. The summed E-state index contributed by atoms with van der Waals surface area (Å²) in [7, 11) is -4.12. The number of rotatable bonds is 16. The highest BCUT2D eigenvalue weighted by Gasteiger charge is 2.32. The maximum absolute atomic E-state index is 12.4. The number of allylic oxidation sites excluding steroid dienone is 2. The zero-order valence-electron chi connectivity index (χ0n) is 34.9. The summed E-state index contributed by atoms with van der Waals surface area (Å²) in [6, 6.07) is 37.2. The van der Waals surface area contributed by atoms with E-state index in [-0.39, 0.29) is 18.3 Å². The first-order valence-electron chi connectivity index (χ1n) is 21.0. The van der Waals surface area contributed by atoms with Crippen LogP contribution in [0.25, 0.3) is 27.4 Å². The third-order valence-electron chi connectivity index (χ3n) is 11.2. The number of halogens is 1. The zero-order valence-corrected chi connectivity index (χ0v) is 38.1. The molecule has 5 aromatic carbocycles. The van der Waals surface area contributed by atoms with Crippen LogP contribution < -0.4 is 19.1 Å². The molecule has 8 rings (SSSR count). The van der Waals surface area contributed by atoms with Crippen LogP contribution in [0.2, 0.25) is 5.02 Å². The highest BCUT2D eigenvalue weighted by Crippen LogP contribution is 2.48. The molecule has 324 valence electrons. The van der Waals surface area contributed by atoms with Gasteiger partial charge in [-0.15, -0.1) is 0 Å². The molecule has 0 amide bonds. The lowest BCUT2D eigenvalue weighted by molar-refractivity contribution is -0.695. The highest BCUT2D eigenvalue weighted by atomic mass is 35.5. The molecule has 2 aliphatic heterocycles. The Labute approximate surface area is 381 Å². The second-order valence-corrected chi connectivity index (χ2v) is 19.6. The van der Waals surface area contributed by atoms with Gasteiger partial charge in [-0.25, -0.2) is 4.79 Å². The first-order chi connectivity index (χ1) is 30.5. The number of fused-ring (bicyclic) bond motifs is 3. The third kappa shape index (κ3) is 10.3.